The van der Waals surface area contributed by atoms with Crippen molar-refractivity contribution in [2.45, 2.75) is 31.8 Å². The second kappa shape index (κ2) is 7.15. The lowest BCUT2D eigenvalue weighted by molar-refractivity contribution is 0.0789. The number of rotatable bonds is 3. The second-order valence-corrected chi connectivity index (χ2v) is 7.34. The van der Waals surface area contributed by atoms with Crippen LogP contribution in [0.25, 0.3) is 10.9 Å². The van der Waals surface area contributed by atoms with Crippen molar-refractivity contribution in [3.63, 3.8) is 0 Å². The molecule has 1 amide bonds. The van der Waals surface area contributed by atoms with Gasteiger partial charge < -0.3 is 14.8 Å². The van der Waals surface area contributed by atoms with E-state index >= 15 is 0 Å². The van der Waals surface area contributed by atoms with Crippen molar-refractivity contribution in [3.8, 4) is 11.5 Å². The molecule has 3 aromatic rings. The summed E-state index contributed by atoms with van der Waals surface area (Å²) in [7, 11) is 0. The molecule has 0 spiro atoms. The Morgan fingerprint density at radius 1 is 1.04 bits per heavy atom. The van der Waals surface area contributed by atoms with Gasteiger partial charge in [0.25, 0.3) is 5.91 Å². The van der Waals surface area contributed by atoms with Gasteiger partial charge in [-0.3, -0.25) is 9.78 Å². The van der Waals surface area contributed by atoms with E-state index in [0.717, 1.165) is 64.9 Å². The van der Waals surface area contributed by atoms with Crippen LogP contribution in [0.2, 0.25) is 0 Å². The molecule has 0 radical (unpaired) electrons. The highest BCUT2D eigenvalue weighted by Crippen LogP contribution is 2.31. The van der Waals surface area contributed by atoms with Crippen LogP contribution < -0.4 is 14.8 Å². The summed E-state index contributed by atoms with van der Waals surface area (Å²) in [6.45, 7) is 0.824. The number of nitrogens with one attached hydrogen (secondary N) is 1. The first-order chi connectivity index (χ1) is 13.8. The van der Waals surface area contributed by atoms with Crippen LogP contribution in [0.1, 0.15) is 34.5 Å². The molecule has 0 saturated carbocycles. The van der Waals surface area contributed by atoms with E-state index in [1.165, 1.54) is 0 Å². The van der Waals surface area contributed by atoms with Gasteiger partial charge in [0.15, 0.2) is 11.5 Å². The third-order valence-corrected chi connectivity index (χ3v) is 5.45. The molecule has 5 nitrogen and oxygen atoms in total. The van der Waals surface area contributed by atoms with E-state index in [4.69, 9.17) is 14.5 Å². The maximum Gasteiger partial charge on any atom is 0.252 e. The Morgan fingerprint density at radius 2 is 1.82 bits per heavy atom. The molecule has 2 aliphatic rings. The SMILES string of the molecule is O=C(NC[C@H]1COc2ccccc2O1)c1c2c(nc3ccccc13)CCCC2. The topological polar surface area (TPSA) is 60.5 Å². The number of carbonyl (C=O) groups is 1. The van der Waals surface area contributed by atoms with E-state index in [2.05, 4.69) is 5.32 Å². The fourth-order valence-corrected chi connectivity index (χ4v) is 4.09. The van der Waals surface area contributed by atoms with Gasteiger partial charge in [0.2, 0.25) is 0 Å². The molecule has 1 aliphatic heterocycles. The smallest absolute Gasteiger partial charge is 0.252 e. The Labute approximate surface area is 163 Å². The summed E-state index contributed by atoms with van der Waals surface area (Å²) >= 11 is 0. The lowest BCUT2D eigenvalue weighted by atomic mass is 9.89. The Balaban J connectivity index is 1.39. The number of para-hydroxylation sites is 3. The first-order valence-corrected chi connectivity index (χ1v) is 9.87. The van der Waals surface area contributed by atoms with Crippen molar-refractivity contribution >= 4 is 16.8 Å². The zero-order valence-electron chi connectivity index (χ0n) is 15.6. The molecule has 1 aliphatic carbocycles. The molecular weight excluding hydrogens is 352 g/mol. The lowest BCUT2D eigenvalue weighted by Crippen LogP contribution is -2.41. The number of fused-ring (bicyclic) bond motifs is 3. The van der Waals surface area contributed by atoms with Crippen molar-refractivity contribution in [1.82, 2.24) is 10.3 Å². The summed E-state index contributed by atoms with van der Waals surface area (Å²) in [5.74, 6) is 1.42. The van der Waals surface area contributed by atoms with Gasteiger partial charge in [0.1, 0.15) is 12.7 Å². The molecule has 0 bridgehead atoms. The Morgan fingerprint density at radius 3 is 2.75 bits per heavy atom. The molecule has 1 aromatic heterocycles. The van der Waals surface area contributed by atoms with Gasteiger partial charge in [-0.15, -0.1) is 0 Å². The van der Waals surface area contributed by atoms with Gasteiger partial charge in [0.05, 0.1) is 17.6 Å². The average molecular weight is 374 g/mol. The molecule has 0 saturated heterocycles. The highest BCUT2D eigenvalue weighted by molar-refractivity contribution is 6.07. The maximum atomic E-state index is 13.2. The maximum absolute atomic E-state index is 13.2. The van der Waals surface area contributed by atoms with E-state index in [1.54, 1.807) is 0 Å². The number of nitrogens with zero attached hydrogens (tertiary/aromatic N) is 1. The quantitative estimate of drug-likeness (QED) is 0.760. The summed E-state index contributed by atoms with van der Waals surface area (Å²) in [6.07, 6.45) is 3.88. The Kier molecular flexibility index (Phi) is 4.35. The number of pyridine rings is 1. The van der Waals surface area contributed by atoms with Crippen molar-refractivity contribution in [1.29, 1.82) is 0 Å². The van der Waals surface area contributed by atoms with Crippen LogP contribution in [-0.4, -0.2) is 30.1 Å². The summed E-state index contributed by atoms with van der Waals surface area (Å²) in [5.41, 5.74) is 3.84. The highest BCUT2D eigenvalue weighted by atomic mass is 16.6. The van der Waals surface area contributed by atoms with Crippen molar-refractivity contribution in [2.75, 3.05) is 13.2 Å². The summed E-state index contributed by atoms with van der Waals surface area (Å²) in [6, 6.07) is 15.5. The molecule has 0 unspecified atom stereocenters. The predicted molar refractivity (Wildman–Crippen MR) is 107 cm³/mol. The van der Waals surface area contributed by atoms with Crippen LogP contribution in [0, 0.1) is 0 Å². The molecule has 142 valence electrons. The van der Waals surface area contributed by atoms with Crippen LogP contribution in [0.15, 0.2) is 48.5 Å². The van der Waals surface area contributed by atoms with Crippen molar-refractivity contribution in [3.05, 3.63) is 65.4 Å². The van der Waals surface area contributed by atoms with Crippen molar-refractivity contribution in [2.24, 2.45) is 0 Å². The second-order valence-electron chi connectivity index (χ2n) is 7.34. The number of ether oxygens (including phenoxy) is 2. The zero-order chi connectivity index (χ0) is 18.9. The first kappa shape index (κ1) is 17.0. The van der Waals surface area contributed by atoms with Gasteiger partial charge in [-0.25, -0.2) is 0 Å². The van der Waals surface area contributed by atoms with Crippen LogP contribution in [0.3, 0.4) is 0 Å². The number of aromatic nitrogens is 1. The van der Waals surface area contributed by atoms with Crippen molar-refractivity contribution < 1.29 is 14.3 Å². The number of amides is 1. The lowest BCUT2D eigenvalue weighted by Gasteiger charge is -2.27. The standard InChI is InChI=1S/C23H22N2O3/c26-23(24-13-15-14-27-20-11-5-6-12-21(20)28-15)22-16-7-1-3-9-18(16)25-19-10-4-2-8-17(19)22/h1,3,5-7,9,11-12,15H,2,4,8,10,13-14H2,(H,24,26)/t15-/m0/s1. The Bertz CT molecular complexity index is 1050. The predicted octanol–water partition coefficient (Wildman–Crippen LogP) is 3.68. The van der Waals surface area contributed by atoms with E-state index < -0.39 is 0 Å². The minimum atomic E-state index is -0.206. The number of carbonyl (C=O) groups excluding carboxylic acids is 1. The molecule has 5 rings (SSSR count). The van der Waals surface area contributed by atoms with Gasteiger partial charge in [-0.2, -0.15) is 0 Å². The molecule has 5 heteroatoms. The molecule has 1 atom stereocenters. The fourth-order valence-electron chi connectivity index (χ4n) is 4.09. The molecule has 2 aromatic carbocycles. The number of hydrogen-bond acceptors (Lipinski definition) is 4. The van der Waals surface area contributed by atoms with Crippen LogP contribution >= 0.6 is 0 Å². The van der Waals surface area contributed by atoms with E-state index in [1.807, 2.05) is 48.5 Å². The third kappa shape index (κ3) is 3.07. The molecular formula is C23H22N2O3. The van der Waals surface area contributed by atoms with E-state index in [0.29, 0.717) is 13.2 Å². The molecule has 2 heterocycles. The number of benzene rings is 2. The fraction of sp³-hybridized carbons (Fsp3) is 0.304. The van der Waals surface area contributed by atoms with Crippen LogP contribution in [0.5, 0.6) is 11.5 Å². The summed E-state index contributed by atoms with van der Waals surface area (Å²) < 4.78 is 11.7. The highest BCUT2D eigenvalue weighted by Gasteiger charge is 2.25. The van der Waals surface area contributed by atoms with Crippen LogP contribution in [-0.2, 0) is 12.8 Å². The molecule has 28 heavy (non-hydrogen) atoms. The average Bonchev–Trinajstić information content (AvgIpc) is 2.75. The van der Waals surface area contributed by atoms with E-state index in [9.17, 15) is 4.79 Å². The van der Waals surface area contributed by atoms with Gasteiger partial charge in [0, 0.05) is 11.1 Å². The third-order valence-electron chi connectivity index (χ3n) is 5.45. The Hall–Kier alpha value is -3.08. The van der Waals surface area contributed by atoms with Gasteiger partial charge in [-0.05, 0) is 49.4 Å². The van der Waals surface area contributed by atoms with Gasteiger partial charge in [-0.1, -0.05) is 30.3 Å². The first-order valence-electron chi connectivity index (χ1n) is 9.87. The largest absolute Gasteiger partial charge is 0.486 e. The summed E-state index contributed by atoms with van der Waals surface area (Å²) in [5, 5.41) is 3.99. The minimum Gasteiger partial charge on any atom is -0.486 e. The normalized spacial score (nSPS) is 17.8. The number of aryl methyl sites for hydroxylation is 1. The summed E-state index contributed by atoms with van der Waals surface area (Å²) in [4.78, 5) is 18.0. The minimum absolute atomic E-state index is 0.0563. The number of hydrogen-bond donors (Lipinski definition) is 1. The van der Waals surface area contributed by atoms with Gasteiger partial charge >= 0.3 is 0 Å². The van der Waals surface area contributed by atoms with E-state index in [-0.39, 0.29) is 12.0 Å². The monoisotopic (exact) mass is 374 g/mol. The molecule has 1 N–H and O–H groups in total. The zero-order valence-corrected chi connectivity index (χ0v) is 15.6. The van der Waals surface area contributed by atoms with Crippen LogP contribution in [0.4, 0.5) is 0 Å². The molecule has 0 fully saturated rings.